The molecule has 28 heavy (non-hydrogen) atoms. The lowest BCUT2D eigenvalue weighted by molar-refractivity contribution is 0.102. The second kappa shape index (κ2) is 6.92. The van der Waals surface area contributed by atoms with Crippen LogP contribution in [0.4, 0.5) is 10.1 Å². The number of hydrogen-bond donors (Lipinski definition) is 2. The Morgan fingerprint density at radius 3 is 2.46 bits per heavy atom. The van der Waals surface area contributed by atoms with Gasteiger partial charge in [0.25, 0.3) is 11.5 Å². The van der Waals surface area contributed by atoms with Gasteiger partial charge in [-0.25, -0.2) is 14.2 Å². The molecule has 0 aliphatic heterocycles. The van der Waals surface area contributed by atoms with Gasteiger partial charge in [-0.05, 0) is 29.8 Å². The SMILES string of the molecule is O=C(Nc1c(-c2ccc(F)cc2)c2c(=O)[nH]cnc2oc1=O)c1ccccc1. The molecule has 0 fully saturated rings. The van der Waals surface area contributed by atoms with E-state index in [1.807, 2.05) is 0 Å². The molecule has 0 aliphatic carbocycles. The van der Waals surface area contributed by atoms with Crippen LogP contribution in [0.25, 0.3) is 22.2 Å². The number of hydrogen-bond acceptors (Lipinski definition) is 5. The summed E-state index contributed by atoms with van der Waals surface area (Å²) in [6, 6.07) is 13.4. The molecule has 0 saturated carbocycles. The number of nitrogens with zero attached hydrogens (tertiary/aromatic N) is 1. The minimum Gasteiger partial charge on any atom is -0.402 e. The van der Waals surface area contributed by atoms with E-state index in [0.717, 1.165) is 6.33 Å². The van der Waals surface area contributed by atoms with E-state index < -0.39 is 22.9 Å². The van der Waals surface area contributed by atoms with E-state index in [1.165, 1.54) is 24.3 Å². The number of anilines is 1. The first kappa shape index (κ1) is 17.3. The zero-order valence-corrected chi connectivity index (χ0v) is 14.2. The molecule has 0 aliphatic rings. The second-order valence-electron chi connectivity index (χ2n) is 5.88. The minimum atomic E-state index is -0.880. The summed E-state index contributed by atoms with van der Waals surface area (Å²) in [5.41, 5.74) is -1.10. The molecule has 2 N–H and O–H groups in total. The van der Waals surface area contributed by atoms with E-state index >= 15 is 0 Å². The van der Waals surface area contributed by atoms with Gasteiger partial charge in [-0.2, -0.15) is 0 Å². The number of H-pyrrole nitrogens is 1. The summed E-state index contributed by atoms with van der Waals surface area (Å²) < 4.78 is 18.5. The smallest absolute Gasteiger partial charge is 0.362 e. The van der Waals surface area contributed by atoms with E-state index in [0.29, 0.717) is 11.1 Å². The number of fused-ring (bicyclic) bond motifs is 1. The molecular formula is C20H12FN3O4. The molecule has 2 aromatic heterocycles. The Bertz CT molecular complexity index is 1300. The highest BCUT2D eigenvalue weighted by molar-refractivity contribution is 6.09. The zero-order valence-electron chi connectivity index (χ0n) is 14.2. The van der Waals surface area contributed by atoms with Crippen LogP contribution in [0.15, 0.2) is 74.9 Å². The van der Waals surface area contributed by atoms with Crippen molar-refractivity contribution >= 4 is 22.7 Å². The maximum Gasteiger partial charge on any atom is 0.362 e. The highest BCUT2D eigenvalue weighted by Crippen LogP contribution is 2.31. The van der Waals surface area contributed by atoms with Gasteiger partial charge in [0.15, 0.2) is 0 Å². The maximum atomic E-state index is 13.4. The standard InChI is InChI=1S/C20H12FN3O4/c21-13-8-6-11(7-9-13)14-15-18(26)22-10-23-19(15)28-20(27)16(14)24-17(25)12-4-2-1-3-5-12/h1-10H,(H,24,25)(H,22,23,26). The van der Waals surface area contributed by atoms with Gasteiger partial charge in [0.2, 0.25) is 5.71 Å². The maximum absolute atomic E-state index is 13.4. The number of benzene rings is 2. The lowest BCUT2D eigenvalue weighted by atomic mass is 10.0. The number of rotatable bonds is 3. The van der Waals surface area contributed by atoms with E-state index in [1.54, 1.807) is 30.3 Å². The third-order valence-corrected chi connectivity index (χ3v) is 4.12. The third-order valence-electron chi connectivity index (χ3n) is 4.12. The first-order chi connectivity index (χ1) is 13.5. The monoisotopic (exact) mass is 377 g/mol. The van der Waals surface area contributed by atoms with Crippen LogP contribution >= 0.6 is 0 Å². The molecule has 138 valence electrons. The van der Waals surface area contributed by atoms with Gasteiger partial charge >= 0.3 is 5.63 Å². The van der Waals surface area contributed by atoms with Crippen molar-refractivity contribution in [3.8, 4) is 11.1 Å². The molecule has 0 atom stereocenters. The molecule has 0 bridgehead atoms. The van der Waals surface area contributed by atoms with Crippen LogP contribution < -0.4 is 16.5 Å². The number of amides is 1. The molecule has 0 unspecified atom stereocenters. The molecule has 0 radical (unpaired) electrons. The van der Waals surface area contributed by atoms with Gasteiger partial charge < -0.3 is 14.7 Å². The van der Waals surface area contributed by atoms with Crippen LogP contribution in [0, 0.1) is 5.82 Å². The molecule has 1 amide bonds. The Labute approximate surface area is 156 Å². The molecule has 0 spiro atoms. The van der Waals surface area contributed by atoms with Gasteiger partial charge in [0.1, 0.15) is 16.9 Å². The first-order valence-corrected chi connectivity index (χ1v) is 8.21. The lowest BCUT2D eigenvalue weighted by Gasteiger charge is -2.12. The van der Waals surface area contributed by atoms with Crippen molar-refractivity contribution in [3.05, 3.63) is 93.1 Å². The molecule has 0 saturated heterocycles. The minimum absolute atomic E-state index is 0.0305. The quantitative estimate of drug-likeness (QED) is 0.571. The van der Waals surface area contributed by atoms with Crippen molar-refractivity contribution in [2.45, 2.75) is 0 Å². The van der Waals surface area contributed by atoms with Gasteiger partial charge in [-0.3, -0.25) is 9.59 Å². The fraction of sp³-hybridized carbons (Fsp3) is 0. The van der Waals surface area contributed by atoms with E-state index in [9.17, 15) is 18.8 Å². The number of aromatic amines is 1. The molecule has 7 nitrogen and oxygen atoms in total. The first-order valence-electron chi connectivity index (χ1n) is 8.21. The predicted octanol–water partition coefficient (Wildman–Crippen LogP) is 2.93. The van der Waals surface area contributed by atoms with E-state index in [2.05, 4.69) is 15.3 Å². The van der Waals surface area contributed by atoms with Crippen molar-refractivity contribution in [2.75, 3.05) is 5.32 Å². The topological polar surface area (TPSA) is 105 Å². The van der Waals surface area contributed by atoms with Crippen molar-refractivity contribution in [2.24, 2.45) is 0 Å². The number of aromatic nitrogens is 2. The Morgan fingerprint density at radius 1 is 1.04 bits per heavy atom. The van der Waals surface area contributed by atoms with Crippen molar-refractivity contribution in [3.63, 3.8) is 0 Å². The van der Waals surface area contributed by atoms with E-state index in [4.69, 9.17) is 4.42 Å². The summed E-state index contributed by atoms with van der Waals surface area (Å²) >= 11 is 0. The Hall–Kier alpha value is -4.07. The van der Waals surface area contributed by atoms with E-state index in [-0.39, 0.29) is 22.4 Å². The number of nitrogens with one attached hydrogen (secondary N) is 2. The van der Waals surface area contributed by atoms with Crippen molar-refractivity contribution in [1.82, 2.24) is 9.97 Å². The van der Waals surface area contributed by atoms with Crippen LogP contribution in [0.1, 0.15) is 10.4 Å². The van der Waals surface area contributed by atoms with Gasteiger partial charge in [-0.15, -0.1) is 0 Å². The normalized spacial score (nSPS) is 10.8. The van der Waals surface area contributed by atoms with Crippen LogP contribution in [0.5, 0.6) is 0 Å². The molecule has 4 aromatic rings. The summed E-state index contributed by atoms with van der Waals surface area (Å²) in [6.45, 7) is 0. The average Bonchev–Trinajstić information content (AvgIpc) is 2.70. The van der Waals surface area contributed by atoms with Crippen molar-refractivity contribution in [1.29, 1.82) is 0 Å². The summed E-state index contributed by atoms with van der Waals surface area (Å²) in [5.74, 6) is -1.05. The summed E-state index contributed by atoms with van der Waals surface area (Å²) in [6.07, 6.45) is 1.10. The van der Waals surface area contributed by atoms with Gasteiger partial charge in [0.05, 0.1) is 6.33 Å². The van der Waals surface area contributed by atoms with Crippen LogP contribution in [-0.4, -0.2) is 15.9 Å². The Balaban J connectivity index is 1.98. The molecule has 2 heterocycles. The largest absolute Gasteiger partial charge is 0.402 e. The number of carbonyl (C=O) groups excluding carboxylic acids is 1. The van der Waals surface area contributed by atoms with Gasteiger partial charge in [0, 0.05) is 11.1 Å². The van der Waals surface area contributed by atoms with Crippen molar-refractivity contribution < 1.29 is 13.6 Å². The zero-order chi connectivity index (χ0) is 19.7. The molecular weight excluding hydrogens is 365 g/mol. The Kier molecular flexibility index (Phi) is 4.29. The molecule has 4 rings (SSSR count). The van der Waals surface area contributed by atoms with Gasteiger partial charge in [-0.1, -0.05) is 30.3 Å². The highest BCUT2D eigenvalue weighted by atomic mass is 19.1. The summed E-state index contributed by atoms with van der Waals surface area (Å²) in [5, 5.41) is 2.48. The van der Waals surface area contributed by atoms with Crippen LogP contribution in [-0.2, 0) is 0 Å². The highest BCUT2D eigenvalue weighted by Gasteiger charge is 2.21. The molecule has 2 aromatic carbocycles. The fourth-order valence-electron chi connectivity index (χ4n) is 2.84. The predicted molar refractivity (Wildman–Crippen MR) is 101 cm³/mol. The van der Waals surface area contributed by atoms with Crippen LogP contribution in [0.3, 0.4) is 0 Å². The molecule has 8 heteroatoms. The third kappa shape index (κ3) is 3.07. The Morgan fingerprint density at radius 2 is 1.75 bits per heavy atom. The number of halogens is 1. The second-order valence-corrected chi connectivity index (χ2v) is 5.88. The van der Waals surface area contributed by atoms with Crippen LogP contribution in [0.2, 0.25) is 0 Å². The number of carbonyl (C=O) groups is 1. The summed E-state index contributed by atoms with van der Waals surface area (Å²) in [4.78, 5) is 43.8. The fourth-order valence-corrected chi connectivity index (χ4v) is 2.84. The summed E-state index contributed by atoms with van der Waals surface area (Å²) in [7, 11) is 0. The lowest BCUT2D eigenvalue weighted by Crippen LogP contribution is -2.21. The average molecular weight is 377 g/mol.